The van der Waals surface area contributed by atoms with Crippen molar-refractivity contribution < 1.29 is 0 Å². The number of nitrogens with zero attached hydrogens (tertiary/aromatic N) is 2. The molecular weight excluding hydrogens is 655 g/mol. The molecule has 1 unspecified atom stereocenters. The van der Waals surface area contributed by atoms with Crippen molar-refractivity contribution in [2.24, 2.45) is 16.6 Å². The number of rotatable bonds is 6. The summed E-state index contributed by atoms with van der Waals surface area (Å²) in [6.07, 6.45) is 10.8. The van der Waals surface area contributed by atoms with Crippen molar-refractivity contribution >= 4 is 28.6 Å². The Balaban J connectivity index is 1.11. The molecule has 2 aliphatic carbocycles. The number of nitrogens with two attached hydrogens (primary N) is 1. The monoisotopic (exact) mass is 693 g/mol. The second-order valence-corrected chi connectivity index (χ2v) is 14.5. The molecule has 0 fully saturated rings. The maximum absolute atomic E-state index is 6.82. The van der Waals surface area contributed by atoms with Crippen LogP contribution in [0.25, 0.3) is 22.3 Å². The second-order valence-electron chi connectivity index (χ2n) is 14.5. The van der Waals surface area contributed by atoms with E-state index < -0.39 is 5.41 Å². The van der Waals surface area contributed by atoms with Gasteiger partial charge >= 0.3 is 0 Å². The van der Waals surface area contributed by atoms with E-state index in [1.807, 2.05) is 6.07 Å². The van der Waals surface area contributed by atoms with Crippen LogP contribution in [-0.2, 0) is 11.8 Å². The van der Waals surface area contributed by atoms with Crippen LogP contribution in [0.2, 0.25) is 0 Å². The van der Waals surface area contributed by atoms with Gasteiger partial charge in [-0.2, -0.15) is 0 Å². The predicted octanol–water partition coefficient (Wildman–Crippen LogP) is 12.2. The van der Waals surface area contributed by atoms with Crippen LogP contribution in [0.5, 0.6) is 0 Å². The Bertz CT molecular complexity index is 2600. The first kappa shape index (κ1) is 32.0. The van der Waals surface area contributed by atoms with E-state index >= 15 is 0 Å². The summed E-state index contributed by atoms with van der Waals surface area (Å²) in [6.45, 7) is 0. The van der Waals surface area contributed by atoms with Crippen LogP contribution in [-0.4, -0.2) is 5.84 Å². The fourth-order valence-corrected chi connectivity index (χ4v) is 9.05. The molecule has 3 aliphatic rings. The maximum atomic E-state index is 6.82. The van der Waals surface area contributed by atoms with E-state index in [1.165, 1.54) is 50.3 Å². The van der Waals surface area contributed by atoms with Gasteiger partial charge in [-0.05, 0) is 111 Å². The van der Waals surface area contributed by atoms with Gasteiger partial charge in [-0.1, -0.05) is 152 Å². The summed E-state index contributed by atoms with van der Waals surface area (Å²) in [6, 6.07) is 61.5. The van der Waals surface area contributed by atoms with E-state index in [0.29, 0.717) is 11.8 Å². The Kier molecular flexibility index (Phi) is 7.73. The van der Waals surface area contributed by atoms with Crippen LogP contribution in [0.3, 0.4) is 0 Å². The zero-order valence-electron chi connectivity index (χ0n) is 29.9. The summed E-state index contributed by atoms with van der Waals surface area (Å²) in [4.78, 5) is 7.44. The fraction of sp³-hybridized carbons (Fsp3) is 0.0784. The molecule has 1 heterocycles. The predicted molar refractivity (Wildman–Crippen MR) is 224 cm³/mol. The van der Waals surface area contributed by atoms with E-state index in [2.05, 4.69) is 193 Å². The van der Waals surface area contributed by atoms with Crippen molar-refractivity contribution in [2.75, 3.05) is 4.90 Å². The lowest BCUT2D eigenvalue weighted by atomic mass is 9.64. The molecule has 1 atom stereocenters. The summed E-state index contributed by atoms with van der Waals surface area (Å²) in [5.41, 5.74) is 22.9. The third-order valence-corrected chi connectivity index (χ3v) is 11.4. The summed E-state index contributed by atoms with van der Waals surface area (Å²) in [5.74, 6) is 0.985. The quantitative estimate of drug-likeness (QED) is 0.139. The molecule has 0 amide bonds. The molecule has 54 heavy (non-hydrogen) atoms. The van der Waals surface area contributed by atoms with Gasteiger partial charge in [0.05, 0.1) is 22.5 Å². The van der Waals surface area contributed by atoms with Gasteiger partial charge in [0.15, 0.2) is 0 Å². The maximum Gasteiger partial charge on any atom is 0.131 e. The van der Waals surface area contributed by atoms with Gasteiger partial charge in [-0.25, -0.2) is 4.99 Å². The molecule has 0 saturated heterocycles. The molecule has 10 rings (SSSR count). The van der Waals surface area contributed by atoms with Gasteiger partial charge in [-0.15, -0.1) is 0 Å². The Morgan fingerprint density at radius 2 is 1.26 bits per heavy atom. The van der Waals surface area contributed by atoms with Crippen LogP contribution in [0, 0.1) is 5.92 Å². The van der Waals surface area contributed by atoms with E-state index in [1.54, 1.807) is 0 Å². The van der Waals surface area contributed by atoms with E-state index in [-0.39, 0.29) is 0 Å². The van der Waals surface area contributed by atoms with Crippen molar-refractivity contribution in [2.45, 2.75) is 18.3 Å². The molecule has 3 heteroatoms. The van der Waals surface area contributed by atoms with Gasteiger partial charge in [-0.3, -0.25) is 0 Å². The van der Waals surface area contributed by atoms with E-state index in [9.17, 15) is 0 Å². The molecule has 1 aliphatic heterocycles. The molecule has 0 saturated carbocycles. The van der Waals surface area contributed by atoms with Gasteiger partial charge in [0, 0.05) is 11.3 Å². The number of hydrogen-bond acceptors (Lipinski definition) is 2. The molecule has 258 valence electrons. The molecule has 1 spiro atoms. The first-order valence-electron chi connectivity index (χ1n) is 18.8. The molecule has 3 nitrogen and oxygen atoms in total. The standard InChI is InChI=1S/C51H39N3/c52-50(53-47-27-12-7-18-38(47)32-35-16-3-1-4-17-35)39-20-15-19-36(33-39)37-30-31-42-41-23-8-9-24-43(41)51(46(42)34-37)44-25-10-13-28-48(44)54(40-21-5-2-6-22-40)49-29-14-11-26-45(49)51/h1-16,18-31,33-35H,17,32H2,(H2,52,53). The van der Waals surface area contributed by atoms with Gasteiger partial charge in [0.1, 0.15) is 5.84 Å². The van der Waals surface area contributed by atoms with Crippen LogP contribution < -0.4 is 10.6 Å². The minimum Gasteiger partial charge on any atom is -0.383 e. The highest BCUT2D eigenvalue weighted by Crippen LogP contribution is 2.63. The minimum absolute atomic E-state index is 0.467. The molecule has 0 bridgehead atoms. The van der Waals surface area contributed by atoms with Crippen LogP contribution in [0.1, 0.15) is 39.8 Å². The number of aliphatic imine (C=N–C) groups is 1. The zero-order valence-corrected chi connectivity index (χ0v) is 29.9. The Morgan fingerprint density at radius 1 is 0.593 bits per heavy atom. The number of hydrogen-bond donors (Lipinski definition) is 1. The molecule has 2 N–H and O–H groups in total. The number of para-hydroxylation sites is 4. The highest BCUT2D eigenvalue weighted by atomic mass is 15.2. The lowest BCUT2D eigenvalue weighted by Crippen LogP contribution is -2.36. The lowest BCUT2D eigenvalue weighted by molar-refractivity contribution is 0.654. The molecule has 0 aromatic heterocycles. The number of amidine groups is 1. The lowest BCUT2D eigenvalue weighted by Gasteiger charge is -2.45. The van der Waals surface area contributed by atoms with Crippen molar-refractivity contribution in [1.29, 1.82) is 0 Å². The molecular formula is C51H39N3. The topological polar surface area (TPSA) is 41.6 Å². The van der Waals surface area contributed by atoms with Crippen LogP contribution >= 0.6 is 0 Å². The SMILES string of the molecule is NC(=Nc1ccccc1CC1C=CC=CC1)c1cccc(-c2ccc3c(c2)C2(c4ccccc4-3)c3ccccc3N(c3ccccc3)c3ccccc32)c1. The van der Waals surface area contributed by atoms with Gasteiger partial charge < -0.3 is 10.6 Å². The Morgan fingerprint density at radius 3 is 2.04 bits per heavy atom. The van der Waals surface area contributed by atoms with E-state index in [4.69, 9.17) is 10.7 Å². The number of fused-ring (bicyclic) bond motifs is 9. The average molecular weight is 694 g/mol. The summed E-state index contributed by atoms with van der Waals surface area (Å²) < 4.78 is 0. The normalized spacial score (nSPS) is 16.1. The van der Waals surface area contributed by atoms with Crippen LogP contribution in [0.4, 0.5) is 22.7 Å². The minimum atomic E-state index is -0.508. The highest BCUT2D eigenvalue weighted by Gasteiger charge is 2.51. The summed E-state index contributed by atoms with van der Waals surface area (Å²) in [7, 11) is 0. The summed E-state index contributed by atoms with van der Waals surface area (Å²) in [5, 5.41) is 0. The smallest absolute Gasteiger partial charge is 0.131 e. The highest BCUT2D eigenvalue weighted by molar-refractivity contribution is 6.01. The Labute approximate surface area is 317 Å². The Hall–Kier alpha value is -6.71. The number of benzene rings is 7. The zero-order chi connectivity index (χ0) is 36.1. The molecule has 0 radical (unpaired) electrons. The first-order chi connectivity index (χ1) is 26.7. The van der Waals surface area contributed by atoms with Crippen molar-refractivity contribution in [3.63, 3.8) is 0 Å². The summed E-state index contributed by atoms with van der Waals surface area (Å²) >= 11 is 0. The van der Waals surface area contributed by atoms with Crippen LogP contribution in [0.15, 0.2) is 199 Å². The third kappa shape index (κ3) is 5.08. The number of anilines is 3. The molecule has 7 aromatic rings. The fourth-order valence-electron chi connectivity index (χ4n) is 9.05. The second kappa shape index (κ2) is 13.1. The average Bonchev–Trinajstić information content (AvgIpc) is 3.52. The molecule has 7 aromatic carbocycles. The van der Waals surface area contributed by atoms with Gasteiger partial charge in [0.2, 0.25) is 0 Å². The number of allylic oxidation sites excluding steroid dienone is 4. The van der Waals surface area contributed by atoms with Crippen molar-refractivity contribution in [3.05, 3.63) is 228 Å². The largest absolute Gasteiger partial charge is 0.383 e. The van der Waals surface area contributed by atoms with Crippen molar-refractivity contribution in [3.8, 4) is 22.3 Å². The van der Waals surface area contributed by atoms with E-state index in [0.717, 1.165) is 40.9 Å². The first-order valence-corrected chi connectivity index (χ1v) is 18.8. The van der Waals surface area contributed by atoms with Gasteiger partial charge in [0.25, 0.3) is 0 Å². The van der Waals surface area contributed by atoms with Crippen molar-refractivity contribution in [1.82, 2.24) is 0 Å². The third-order valence-electron chi connectivity index (χ3n) is 11.4.